The highest BCUT2D eigenvalue weighted by molar-refractivity contribution is 6.31. The standard InChI is InChI=1S/C23H21ClN4O/c1-14-4-7-17(8-5-14)19-10-11-25-23-22(19)16(3)27-28(23)13-21(29)26-20-12-18(24)9-6-15(20)2/h4-12H,13H2,1-3H3,(H,26,29). The molecule has 146 valence electrons. The third-order valence-electron chi connectivity index (χ3n) is 4.94. The number of rotatable bonds is 4. The second-order valence-electron chi connectivity index (χ2n) is 7.17. The Bertz CT molecular complexity index is 1210. The van der Waals surface area contributed by atoms with E-state index in [4.69, 9.17) is 11.6 Å². The van der Waals surface area contributed by atoms with E-state index in [0.717, 1.165) is 27.8 Å². The number of fused-ring (bicyclic) bond motifs is 1. The lowest BCUT2D eigenvalue weighted by Crippen LogP contribution is -2.20. The number of nitrogens with one attached hydrogen (secondary N) is 1. The van der Waals surface area contributed by atoms with Crippen molar-refractivity contribution in [2.24, 2.45) is 0 Å². The van der Waals surface area contributed by atoms with E-state index in [-0.39, 0.29) is 12.5 Å². The van der Waals surface area contributed by atoms with Crippen molar-refractivity contribution in [2.45, 2.75) is 27.3 Å². The molecule has 5 nitrogen and oxygen atoms in total. The predicted octanol–water partition coefficient (Wildman–Crippen LogP) is 5.32. The molecule has 29 heavy (non-hydrogen) atoms. The SMILES string of the molecule is Cc1ccc(-c2ccnc3c2c(C)nn3CC(=O)Nc2cc(Cl)ccc2C)cc1. The second kappa shape index (κ2) is 7.68. The summed E-state index contributed by atoms with van der Waals surface area (Å²) in [6.45, 7) is 6.00. The molecular weight excluding hydrogens is 384 g/mol. The van der Waals surface area contributed by atoms with Crippen molar-refractivity contribution in [1.82, 2.24) is 14.8 Å². The van der Waals surface area contributed by atoms with Gasteiger partial charge in [0.15, 0.2) is 5.65 Å². The number of nitrogens with zero attached hydrogens (tertiary/aromatic N) is 3. The number of aromatic nitrogens is 3. The van der Waals surface area contributed by atoms with Crippen molar-refractivity contribution in [3.8, 4) is 11.1 Å². The van der Waals surface area contributed by atoms with E-state index in [0.29, 0.717) is 16.4 Å². The number of hydrogen-bond donors (Lipinski definition) is 1. The average molecular weight is 405 g/mol. The van der Waals surface area contributed by atoms with E-state index in [9.17, 15) is 4.79 Å². The van der Waals surface area contributed by atoms with Gasteiger partial charge in [-0.25, -0.2) is 9.67 Å². The number of aryl methyl sites for hydroxylation is 3. The molecule has 0 saturated heterocycles. The van der Waals surface area contributed by atoms with E-state index in [1.807, 2.05) is 26.0 Å². The Hall–Kier alpha value is -3.18. The maximum absolute atomic E-state index is 12.6. The van der Waals surface area contributed by atoms with E-state index in [2.05, 4.69) is 46.6 Å². The lowest BCUT2D eigenvalue weighted by molar-refractivity contribution is -0.116. The molecule has 0 fully saturated rings. The molecule has 2 aromatic heterocycles. The van der Waals surface area contributed by atoms with Crippen LogP contribution in [0.1, 0.15) is 16.8 Å². The van der Waals surface area contributed by atoms with E-state index >= 15 is 0 Å². The number of carbonyl (C=O) groups excluding carboxylic acids is 1. The third-order valence-corrected chi connectivity index (χ3v) is 5.17. The molecule has 0 aliphatic rings. The summed E-state index contributed by atoms with van der Waals surface area (Å²) in [6.07, 6.45) is 1.76. The molecule has 0 bridgehead atoms. The average Bonchev–Trinajstić information content (AvgIpc) is 3.01. The van der Waals surface area contributed by atoms with Crippen molar-refractivity contribution in [1.29, 1.82) is 0 Å². The zero-order valence-corrected chi connectivity index (χ0v) is 17.3. The van der Waals surface area contributed by atoms with Crippen LogP contribution in [0.4, 0.5) is 5.69 Å². The van der Waals surface area contributed by atoms with Gasteiger partial charge in [0.25, 0.3) is 0 Å². The largest absolute Gasteiger partial charge is 0.324 e. The normalized spacial score (nSPS) is 11.0. The molecule has 0 spiro atoms. The summed E-state index contributed by atoms with van der Waals surface area (Å²) < 4.78 is 1.65. The van der Waals surface area contributed by atoms with Crippen LogP contribution in [0.25, 0.3) is 22.2 Å². The minimum absolute atomic E-state index is 0.0701. The van der Waals surface area contributed by atoms with Crippen LogP contribution < -0.4 is 5.32 Å². The molecule has 6 heteroatoms. The lowest BCUT2D eigenvalue weighted by Gasteiger charge is -2.09. The minimum atomic E-state index is -0.178. The van der Waals surface area contributed by atoms with Gasteiger partial charge < -0.3 is 5.32 Å². The lowest BCUT2D eigenvalue weighted by atomic mass is 10.0. The van der Waals surface area contributed by atoms with Gasteiger partial charge in [-0.3, -0.25) is 4.79 Å². The number of pyridine rings is 1. The topological polar surface area (TPSA) is 59.8 Å². The Morgan fingerprint density at radius 3 is 2.59 bits per heavy atom. The smallest absolute Gasteiger partial charge is 0.246 e. The van der Waals surface area contributed by atoms with Crippen LogP contribution in [0.2, 0.25) is 5.02 Å². The first-order valence-corrected chi connectivity index (χ1v) is 9.75. The zero-order chi connectivity index (χ0) is 20.5. The van der Waals surface area contributed by atoms with Crippen molar-refractivity contribution in [2.75, 3.05) is 5.32 Å². The first-order chi connectivity index (χ1) is 13.9. The van der Waals surface area contributed by atoms with Crippen LogP contribution >= 0.6 is 11.6 Å². The van der Waals surface area contributed by atoms with E-state index in [1.54, 1.807) is 23.0 Å². The molecule has 0 saturated carbocycles. The molecule has 0 aliphatic heterocycles. The fourth-order valence-electron chi connectivity index (χ4n) is 3.42. The Balaban J connectivity index is 1.67. The Kier molecular flexibility index (Phi) is 5.07. The summed E-state index contributed by atoms with van der Waals surface area (Å²) in [5, 5.41) is 9.04. The third kappa shape index (κ3) is 3.87. The predicted molar refractivity (Wildman–Crippen MR) is 117 cm³/mol. The summed E-state index contributed by atoms with van der Waals surface area (Å²) in [6, 6.07) is 15.8. The second-order valence-corrected chi connectivity index (χ2v) is 7.61. The highest BCUT2D eigenvalue weighted by Gasteiger charge is 2.16. The fraction of sp³-hybridized carbons (Fsp3) is 0.174. The molecule has 0 radical (unpaired) electrons. The van der Waals surface area contributed by atoms with Crippen LogP contribution in [0.15, 0.2) is 54.7 Å². The van der Waals surface area contributed by atoms with Gasteiger partial charge in [-0.15, -0.1) is 0 Å². The summed E-state index contributed by atoms with van der Waals surface area (Å²) in [5.41, 5.74) is 6.55. The Labute approximate surface area is 174 Å². The van der Waals surface area contributed by atoms with Gasteiger partial charge in [0.1, 0.15) is 6.54 Å². The highest BCUT2D eigenvalue weighted by Crippen LogP contribution is 2.30. The number of amides is 1. The van der Waals surface area contributed by atoms with Crippen LogP contribution in [-0.2, 0) is 11.3 Å². The van der Waals surface area contributed by atoms with Gasteiger partial charge in [-0.2, -0.15) is 5.10 Å². The van der Waals surface area contributed by atoms with E-state index < -0.39 is 0 Å². The number of carbonyl (C=O) groups is 1. The minimum Gasteiger partial charge on any atom is -0.324 e. The maximum Gasteiger partial charge on any atom is 0.246 e. The molecule has 0 unspecified atom stereocenters. The van der Waals surface area contributed by atoms with Crippen LogP contribution in [-0.4, -0.2) is 20.7 Å². The van der Waals surface area contributed by atoms with Gasteiger partial charge in [-0.05, 0) is 55.7 Å². The van der Waals surface area contributed by atoms with Crippen LogP contribution in [0.5, 0.6) is 0 Å². The molecule has 0 aliphatic carbocycles. The molecule has 1 amide bonds. The molecule has 4 aromatic rings. The number of benzene rings is 2. The first kappa shape index (κ1) is 19.2. The summed E-state index contributed by atoms with van der Waals surface area (Å²) in [4.78, 5) is 17.1. The monoisotopic (exact) mass is 404 g/mol. The van der Waals surface area contributed by atoms with Crippen LogP contribution in [0.3, 0.4) is 0 Å². The van der Waals surface area contributed by atoms with E-state index in [1.165, 1.54) is 5.56 Å². The van der Waals surface area contributed by atoms with Gasteiger partial charge in [0, 0.05) is 22.3 Å². The Morgan fingerprint density at radius 1 is 1.07 bits per heavy atom. The maximum atomic E-state index is 12.6. The summed E-state index contributed by atoms with van der Waals surface area (Å²) >= 11 is 6.05. The number of halogens is 1. The molecule has 4 rings (SSSR count). The highest BCUT2D eigenvalue weighted by atomic mass is 35.5. The molecule has 1 N–H and O–H groups in total. The molecule has 2 aromatic carbocycles. The summed E-state index contributed by atoms with van der Waals surface area (Å²) in [7, 11) is 0. The quantitative estimate of drug-likeness (QED) is 0.501. The van der Waals surface area contributed by atoms with Gasteiger partial charge >= 0.3 is 0 Å². The van der Waals surface area contributed by atoms with Gasteiger partial charge in [-0.1, -0.05) is 47.5 Å². The summed E-state index contributed by atoms with van der Waals surface area (Å²) in [5.74, 6) is -0.178. The number of anilines is 1. The Morgan fingerprint density at radius 2 is 1.83 bits per heavy atom. The van der Waals surface area contributed by atoms with Gasteiger partial charge in [0.05, 0.1) is 5.69 Å². The zero-order valence-electron chi connectivity index (χ0n) is 16.5. The molecule has 0 atom stereocenters. The van der Waals surface area contributed by atoms with Gasteiger partial charge in [0.2, 0.25) is 5.91 Å². The first-order valence-electron chi connectivity index (χ1n) is 9.37. The van der Waals surface area contributed by atoms with Crippen molar-refractivity contribution in [3.05, 3.63) is 76.6 Å². The fourth-order valence-corrected chi connectivity index (χ4v) is 3.59. The van der Waals surface area contributed by atoms with Crippen LogP contribution in [0, 0.1) is 20.8 Å². The van der Waals surface area contributed by atoms with Crippen molar-refractivity contribution >= 4 is 34.2 Å². The van der Waals surface area contributed by atoms with Crippen molar-refractivity contribution < 1.29 is 4.79 Å². The molecular formula is C23H21ClN4O. The molecule has 2 heterocycles. The van der Waals surface area contributed by atoms with Crippen molar-refractivity contribution in [3.63, 3.8) is 0 Å². The number of hydrogen-bond acceptors (Lipinski definition) is 3.